The number of anilines is 1. The summed E-state index contributed by atoms with van der Waals surface area (Å²) >= 11 is 0. The summed E-state index contributed by atoms with van der Waals surface area (Å²) in [6, 6.07) is 6.97. The molecule has 0 fully saturated rings. The molecule has 1 aromatic carbocycles. The summed E-state index contributed by atoms with van der Waals surface area (Å²) in [6.07, 6.45) is 3.64. The van der Waals surface area contributed by atoms with Crippen LogP contribution in [0.15, 0.2) is 36.7 Å². The lowest BCUT2D eigenvalue weighted by Gasteiger charge is -2.04. The molecule has 0 aliphatic rings. The molecule has 0 unspecified atom stereocenters. The number of aromatic nitrogens is 2. The molecule has 5 heteroatoms. The molecule has 0 aliphatic heterocycles. The third-order valence-corrected chi connectivity index (χ3v) is 2.36. The Kier molecular flexibility index (Phi) is 3.62. The Hall–Kier alpha value is -2.01. The highest BCUT2D eigenvalue weighted by Gasteiger charge is 1.99. The van der Waals surface area contributed by atoms with Crippen LogP contribution in [-0.4, -0.2) is 26.6 Å². The molecular formula is C12H15N3O2. The molecule has 1 aromatic heterocycles. The van der Waals surface area contributed by atoms with Crippen molar-refractivity contribution in [2.45, 2.75) is 13.1 Å². The Morgan fingerprint density at radius 2 is 2.24 bits per heavy atom. The van der Waals surface area contributed by atoms with Crippen molar-refractivity contribution in [3.8, 4) is 5.75 Å². The summed E-state index contributed by atoms with van der Waals surface area (Å²) in [5, 5.41) is 25.3. The standard InChI is InChI=1S/C12H15N3O2/c16-5-4-15-9-10(8-14-15)7-13-11-2-1-3-12(17)6-11/h1-3,6,8-9,13,16-17H,4-5,7H2. The molecule has 5 nitrogen and oxygen atoms in total. The highest BCUT2D eigenvalue weighted by Crippen LogP contribution is 2.16. The Bertz CT molecular complexity index is 482. The topological polar surface area (TPSA) is 70.3 Å². The number of aromatic hydroxyl groups is 1. The van der Waals surface area contributed by atoms with Crippen LogP contribution in [0.2, 0.25) is 0 Å². The van der Waals surface area contributed by atoms with Crippen molar-refractivity contribution >= 4 is 5.69 Å². The fourth-order valence-corrected chi connectivity index (χ4v) is 1.54. The van der Waals surface area contributed by atoms with Gasteiger partial charge in [0, 0.05) is 30.1 Å². The van der Waals surface area contributed by atoms with Crippen molar-refractivity contribution < 1.29 is 10.2 Å². The average Bonchev–Trinajstić information content (AvgIpc) is 2.75. The zero-order valence-corrected chi connectivity index (χ0v) is 9.37. The Morgan fingerprint density at radius 3 is 3.00 bits per heavy atom. The number of aliphatic hydroxyl groups excluding tert-OH is 1. The lowest BCUT2D eigenvalue weighted by Crippen LogP contribution is -2.02. The monoisotopic (exact) mass is 233 g/mol. The number of rotatable bonds is 5. The predicted molar refractivity (Wildman–Crippen MR) is 64.7 cm³/mol. The molecule has 0 aliphatic carbocycles. The summed E-state index contributed by atoms with van der Waals surface area (Å²) in [5.74, 6) is 0.242. The third kappa shape index (κ3) is 3.22. The number of benzene rings is 1. The first-order valence-electron chi connectivity index (χ1n) is 5.43. The van der Waals surface area contributed by atoms with Crippen molar-refractivity contribution in [2.75, 3.05) is 11.9 Å². The van der Waals surface area contributed by atoms with E-state index in [0.29, 0.717) is 13.1 Å². The van der Waals surface area contributed by atoms with Crippen molar-refractivity contribution in [1.82, 2.24) is 9.78 Å². The summed E-state index contributed by atoms with van der Waals surface area (Å²) < 4.78 is 1.69. The number of hydrogen-bond donors (Lipinski definition) is 3. The van der Waals surface area contributed by atoms with Gasteiger partial charge in [-0.3, -0.25) is 4.68 Å². The number of aliphatic hydroxyl groups is 1. The lowest BCUT2D eigenvalue weighted by molar-refractivity contribution is 0.269. The molecule has 0 saturated heterocycles. The van der Waals surface area contributed by atoms with Crippen LogP contribution >= 0.6 is 0 Å². The van der Waals surface area contributed by atoms with Crippen LogP contribution in [0.25, 0.3) is 0 Å². The summed E-state index contributed by atoms with van der Waals surface area (Å²) in [6.45, 7) is 1.22. The molecule has 3 N–H and O–H groups in total. The second kappa shape index (κ2) is 5.36. The van der Waals surface area contributed by atoms with Crippen molar-refractivity contribution in [1.29, 1.82) is 0 Å². The summed E-state index contributed by atoms with van der Waals surface area (Å²) in [7, 11) is 0. The van der Waals surface area contributed by atoms with Gasteiger partial charge >= 0.3 is 0 Å². The summed E-state index contributed by atoms with van der Waals surface area (Å²) in [5.41, 5.74) is 1.89. The van der Waals surface area contributed by atoms with E-state index in [1.807, 2.05) is 12.3 Å². The van der Waals surface area contributed by atoms with Crippen LogP contribution < -0.4 is 5.32 Å². The number of phenols is 1. The van der Waals surface area contributed by atoms with Crippen molar-refractivity contribution in [2.24, 2.45) is 0 Å². The van der Waals surface area contributed by atoms with Crippen LogP contribution in [0.4, 0.5) is 5.69 Å². The smallest absolute Gasteiger partial charge is 0.117 e. The Labute approximate surface area is 99.3 Å². The maximum atomic E-state index is 9.30. The van der Waals surface area contributed by atoms with E-state index < -0.39 is 0 Å². The van der Waals surface area contributed by atoms with Gasteiger partial charge in [-0.15, -0.1) is 0 Å². The minimum Gasteiger partial charge on any atom is -0.508 e. The first-order valence-corrected chi connectivity index (χ1v) is 5.43. The largest absolute Gasteiger partial charge is 0.508 e. The van der Waals surface area contributed by atoms with Gasteiger partial charge < -0.3 is 15.5 Å². The van der Waals surface area contributed by atoms with Gasteiger partial charge in [0.1, 0.15) is 5.75 Å². The van der Waals surface area contributed by atoms with E-state index >= 15 is 0 Å². The number of nitrogens with zero attached hydrogens (tertiary/aromatic N) is 2. The number of hydrogen-bond acceptors (Lipinski definition) is 4. The third-order valence-electron chi connectivity index (χ3n) is 2.36. The van der Waals surface area contributed by atoms with Crippen molar-refractivity contribution in [3.05, 3.63) is 42.2 Å². The zero-order valence-electron chi connectivity index (χ0n) is 9.37. The second-order valence-corrected chi connectivity index (χ2v) is 3.74. The molecule has 0 saturated carbocycles. The zero-order chi connectivity index (χ0) is 12.1. The van der Waals surface area contributed by atoms with Gasteiger partial charge in [-0.25, -0.2) is 0 Å². The predicted octanol–water partition coefficient (Wildman–Crippen LogP) is 1.19. The molecule has 0 atom stereocenters. The number of nitrogens with one attached hydrogen (secondary N) is 1. The fraction of sp³-hybridized carbons (Fsp3) is 0.250. The van der Waals surface area contributed by atoms with Crippen LogP contribution in [0.1, 0.15) is 5.56 Å². The highest BCUT2D eigenvalue weighted by molar-refractivity contribution is 5.47. The normalized spacial score (nSPS) is 10.4. The minimum absolute atomic E-state index is 0.0844. The van der Waals surface area contributed by atoms with Gasteiger partial charge in [0.05, 0.1) is 19.3 Å². The van der Waals surface area contributed by atoms with Crippen LogP contribution in [-0.2, 0) is 13.1 Å². The molecule has 0 radical (unpaired) electrons. The lowest BCUT2D eigenvalue weighted by atomic mass is 10.3. The van der Waals surface area contributed by atoms with Crippen LogP contribution in [0.5, 0.6) is 5.75 Å². The molecular weight excluding hydrogens is 218 g/mol. The second-order valence-electron chi connectivity index (χ2n) is 3.74. The molecule has 0 bridgehead atoms. The van der Waals surface area contributed by atoms with Gasteiger partial charge in [0.25, 0.3) is 0 Å². The molecule has 17 heavy (non-hydrogen) atoms. The molecule has 2 rings (SSSR count). The van der Waals surface area contributed by atoms with Gasteiger partial charge in [-0.2, -0.15) is 5.10 Å². The van der Waals surface area contributed by atoms with Gasteiger partial charge in [-0.1, -0.05) is 6.07 Å². The molecule has 0 spiro atoms. The average molecular weight is 233 g/mol. The van der Waals surface area contributed by atoms with Crippen LogP contribution in [0.3, 0.4) is 0 Å². The van der Waals surface area contributed by atoms with E-state index in [2.05, 4.69) is 10.4 Å². The summed E-state index contributed by atoms with van der Waals surface area (Å²) in [4.78, 5) is 0. The van der Waals surface area contributed by atoms with E-state index in [-0.39, 0.29) is 12.4 Å². The maximum absolute atomic E-state index is 9.30. The molecule has 1 heterocycles. The number of phenolic OH excluding ortho intramolecular Hbond substituents is 1. The Morgan fingerprint density at radius 1 is 1.35 bits per heavy atom. The first kappa shape index (κ1) is 11.5. The van der Waals surface area contributed by atoms with Crippen LogP contribution in [0, 0.1) is 0 Å². The van der Waals surface area contributed by atoms with Gasteiger partial charge in [0.15, 0.2) is 0 Å². The van der Waals surface area contributed by atoms with Crippen molar-refractivity contribution in [3.63, 3.8) is 0 Å². The fourth-order valence-electron chi connectivity index (χ4n) is 1.54. The first-order chi connectivity index (χ1) is 8.28. The SMILES string of the molecule is OCCn1cc(CNc2cccc(O)c2)cn1. The quantitative estimate of drug-likeness (QED) is 0.725. The van der Waals surface area contributed by atoms with E-state index in [9.17, 15) is 5.11 Å². The van der Waals surface area contributed by atoms with Gasteiger partial charge in [0.2, 0.25) is 0 Å². The molecule has 90 valence electrons. The maximum Gasteiger partial charge on any atom is 0.117 e. The van der Waals surface area contributed by atoms with Gasteiger partial charge in [-0.05, 0) is 12.1 Å². The van der Waals surface area contributed by atoms with E-state index in [1.54, 1.807) is 29.1 Å². The molecule has 2 aromatic rings. The highest BCUT2D eigenvalue weighted by atomic mass is 16.3. The van der Waals surface area contributed by atoms with E-state index in [0.717, 1.165) is 11.3 Å². The Balaban J connectivity index is 1.93. The molecule has 0 amide bonds. The minimum atomic E-state index is 0.0844. The van der Waals surface area contributed by atoms with E-state index in [1.165, 1.54) is 0 Å². The van der Waals surface area contributed by atoms with E-state index in [4.69, 9.17) is 5.11 Å².